The summed E-state index contributed by atoms with van der Waals surface area (Å²) in [6.07, 6.45) is 8.03. The predicted molar refractivity (Wildman–Crippen MR) is 76.3 cm³/mol. The molecule has 2 nitrogen and oxygen atoms in total. The molecule has 0 fully saturated rings. The average Bonchev–Trinajstić information content (AvgIpc) is 2.65. The van der Waals surface area contributed by atoms with Gasteiger partial charge in [-0.25, -0.2) is 0 Å². The second kappa shape index (κ2) is 6.30. The summed E-state index contributed by atoms with van der Waals surface area (Å²) in [5.41, 5.74) is 2.40. The maximum atomic E-state index is 8.63. The molecule has 90 valence electrons. The third kappa shape index (κ3) is 3.52. The van der Waals surface area contributed by atoms with E-state index in [0.717, 1.165) is 5.69 Å². The van der Waals surface area contributed by atoms with Gasteiger partial charge in [0, 0.05) is 11.9 Å². The van der Waals surface area contributed by atoms with E-state index in [1.165, 1.54) is 5.56 Å². The summed E-state index contributed by atoms with van der Waals surface area (Å²) in [6.45, 7) is 0. The number of aromatic hydroxyl groups is 1. The fourth-order valence-electron chi connectivity index (χ4n) is 1.55. The van der Waals surface area contributed by atoms with E-state index in [4.69, 9.17) is 5.11 Å². The van der Waals surface area contributed by atoms with Crippen LogP contribution in [0.1, 0.15) is 5.56 Å². The zero-order chi connectivity index (χ0) is 12.6. The first kappa shape index (κ1) is 12.0. The lowest BCUT2D eigenvalue weighted by Gasteiger charge is -2.01. The number of hydrogen-bond donors (Lipinski definition) is 2. The van der Waals surface area contributed by atoms with Crippen molar-refractivity contribution in [3.05, 3.63) is 78.5 Å². The number of phenols is 1. The zero-order valence-electron chi connectivity index (χ0n) is 9.95. The van der Waals surface area contributed by atoms with Crippen molar-refractivity contribution >= 4 is 11.8 Å². The van der Waals surface area contributed by atoms with Crippen LogP contribution >= 0.6 is 0 Å². The van der Waals surface area contributed by atoms with Crippen molar-refractivity contribution < 1.29 is 5.11 Å². The van der Waals surface area contributed by atoms with Crippen LogP contribution in [-0.4, -0.2) is 5.11 Å². The Morgan fingerprint density at radius 3 is 2.22 bits per heavy atom. The maximum Gasteiger partial charge on any atom is 0.115 e. The first-order valence-electron chi connectivity index (χ1n) is 5.79. The van der Waals surface area contributed by atoms with Gasteiger partial charge in [-0.15, -0.1) is 0 Å². The van der Waals surface area contributed by atoms with Crippen molar-refractivity contribution in [2.75, 3.05) is 5.32 Å². The number of nitrogens with one attached hydrogen (secondary N) is 1. The lowest BCUT2D eigenvalue weighted by Crippen LogP contribution is -1.87. The van der Waals surface area contributed by atoms with E-state index in [0.29, 0.717) is 5.75 Å². The number of hydrogen-bond acceptors (Lipinski definition) is 2. The van der Waals surface area contributed by atoms with Crippen LogP contribution in [0.15, 0.2) is 72.9 Å². The highest BCUT2D eigenvalue weighted by atomic mass is 16.3. The van der Waals surface area contributed by atoms with Gasteiger partial charge < -0.3 is 10.4 Å². The molecule has 18 heavy (non-hydrogen) atoms. The van der Waals surface area contributed by atoms with Crippen LogP contribution in [0.25, 0.3) is 6.08 Å². The quantitative estimate of drug-likeness (QED) is 0.725. The summed E-state index contributed by atoms with van der Waals surface area (Å²) in [7, 11) is 0. The monoisotopic (exact) mass is 237 g/mol. The number of allylic oxidation sites excluding steroid dienone is 2. The van der Waals surface area contributed by atoms with E-state index in [-0.39, 0.29) is 0 Å². The van der Waals surface area contributed by atoms with Gasteiger partial charge in [-0.3, -0.25) is 0 Å². The topological polar surface area (TPSA) is 32.3 Å². The molecule has 0 atom stereocenters. The highest BCUT2D eigenvalue weighted by Crippen LogP contribution is 2.18. The Balaban J connectivity index is 0.000000149. The summed E-state index contributed by atoms with van der Waals surface area (Å²) in [4.78, 5) is 0. The molecule has 1 aliphatic rings. The second-order valence-corrected chi connectivity index (χ2v) is 3.79. The van der Waals surface area contributed by atoms with Crippen LogP contribution in [-0.2, 0) is 0 Å². The first-order valence-corrected chi connectivity index (χ1v) is 5.79. The number of benzene rings is 2. The minimum Gasteiger partial charge on any atom is -0.508 e. The summed E-state index contributed by atoms with van der Waals surface area (Å²) < 4.78 is 0. The predicted octanol–water partition coefficient (Wildman–Crippen LogP) is 4.03. The summed E-state index contributed by atoms with van der Waals surface area (Å²) in [6, 6.07) is 16.9. The molecule has 0 spiro atoms. The molecule has 1 aliphatic heterocycles. The number of anilines is 1. The van der Waals surface area contributed by atoms with Crippen LogP contribution in [0.3, 0.4) is 0 Å². The fourth-order valence-corrected chi connectivity index (χ4v) is 1.55. The number of rotatable bonds is 0. The lowest BCUT2D eigenvalue weighted by atomic mass is 10.2. The van der Waals surface area contributed by atoms with Crippen molar-refractivity contribution in [1.82, 2.24) is 0 Å². The van der Waals surface area contributed by atoms with Crippen LogP contribution in [0.4, 0.5) is 5.69 Å². The molecule has 2 N–H and O–H groups in total. The first-order chi connectivity index (χ1) is 8.86. The number of fused-ring (bicyclic) bond motifs is 1. The van der Waals surface area contributed by atoms with Crippen LogP contribution in [0.2, 0.25) is 0 Å². The van der Waals surface area contributed by atoms with Gasteiger partial charge in [0.15, 0.2) is 0 Å². The molecular formula is C16H15NO. The average molecular weight is 237 g/mol. The minimum atomic E-state index is 0.322. The van der Waals surface area contributed by atoms with Crippen molar-refractivity contribution in [2.45, 2.75) is 0 Å². The molecule has 2 heteroatoms. The van der Waals surface area contributed by atoms with Gasteiger partial charge in [-0.2, -0.15) is 0 Å². The number of phenolic OH excluding ortho intramolecular Hbond substituents is 1. The Kier molecular flexibility index (Phi) is 4.20. The molecule has 0 unspecified atom stereocenters. The van der Waals surface area contributed by atoms with Gasteiger partial charge in [0.1, 0.15) is 5.75 Å². The molecule has 0 radical (unpaired) electrons. The SMILES string of the molecule is C1=CNc2ccccc2C=C1.Oc1ccccc1. The largest absolute Gasteiger partial charge is 0.508 e. The molecule has 2 aromatic carbocycles. The molecule has 0 aliphatic carbocycles. The van der Waals surface area contributed by atoms with Gasteiger partial charge in [0.25, 0.3) is 0 Å². The maximum absolute atomic E-state index is 8.63. The standard InChI is InChI=1S/C10H9N.C6H6O/c1-2-7-10-9(5-1)6-3-4-8-11-10;7-6-4-2-1-3-5-6/h1-8,11H;1-5,7H. The summed E-state index contributed by atoms with van der Waals surface area (Å²) in [5.74, 6) is 0.322. The highest BCUT2D eigenvalue weighted by molar-refractivity contribution is 5.69. The second-order valence-electron chi connectivity index (χ2n) is 3.79. The highest BCUT2D eigenvalue weighted by Gasteiger charge is 1.95. The van der Waals surface area contributed by atoms with Crippen molar-refractivity contribution in [3.63, 3.8) is 0 Å². The van der Waals surface area contributed by atoms with Crippen LogP contribution < -0.4 is 5.32 Å². The number of para-hydroxylation sites is 2. The van der Waals surface area contributed by atoms with Crippen LogP contribution in [0.5, 0.6) is 5.75 Å². The third-order valence-corrected chi connectivity index (χ3v) is 2.44. The smallest absolute Gasteiger partial charge is 0.115 e. The Morgan fingerprint density at radius 1 is 0.778 bits per heavy atom. The van der Waals surface area contributed by atoms with E-state index >= 15 is 0 Å². The Bertz CT molecular complexity index is 544. The van der Waals surface area contributed by atoms with Gasteiger partial charge in [-0.05, 0) is 29.8 Å². The molecule has 0 aromatic heterocycles. The molecule has 2 aromatic rings. The van der Waals surface area contributed by atoms with Crippen molar-refractivity contribution in [1.29, 1.82) is 0 Å². The van der Waals surface area contributed by atoms with E-state index in [1.54, 1.807) is 24.3 Å². The van der Waals surface area contributed by atoms with Crippen molar-refractivity contribution in [2.24, 2.45) is 0 Å². The molecule has 0 saturated carbocycles. The summed E-state index contributed by atoms with van der Waals surface area (Å²) in [5, 5.41) is 11.8. The normalized spacial score (nSPS) is 11.6. The third-order valence-electron chi connectivity index (χ3n) is 2.44. The van der Waals surface area contributed by atoms with Gasteiger partial charge >= 0.3 is 0 Å². The van der Waals surface area contributed by atoms with Gasteiger partial charge in [0.2, 0.25) is 0 Å². The Hall–Kier alpha value is -2.48. The van der Waals surface area contributed by atoms with Gasteiger partial charge in [-0.1, -0.05) is 48.6 Å². The molecule has 0 saturated heterocycles. The summed E-state index contributed by atoms with van der Waals surface area (Å²) >= 11 is 0. The molecular weight excluding hydrogens is 222 g/mol. The molecule has 3 rings (SSSR count). The molecule has 1 heterocycles. The fraction of sp³-hybridized carbons (Fsp3) is 0. The molecule has 0 bridgehead atoms. The van der Waals surface area contributed by atoms with Crippen molar-refractivity contribution in [3.8, 4) is 5.75 Å². The van der Waals surface area contributed by atoms with Gasteiger partial charge in [0.05, 0.1) is 0 Å². The van der Waals surface area contributed by atoms with E-state index in [2.05, 4.69) is 23.5 Å². The molecule has 0 amide bonds. The lowest BCUT2D eigenvalue weighted by molar-refractivity contribution is 0.475. The Labute approximate surface area is 107 Å². The Morgan fingerprint density at radius 2 is 1.50 bits per heavy atom. The van der Waals surface area contributed by atoms with E-state index < -0.39 is 0 Å². The van der Waals surface area contributed by atoms with Crippen LogP contribution in [0, 0.1) is 0 Å². The minimum absolute atomic E-state index is 0.322. The van der Waals surface area contributed by atoms with E-state index in [9.17, 15) is 0 Å². The zero-order valence-corrected chi connectivity index (χ0v) is 9.95. The van der Waals surface area contributed by atoms with E-state index in [1.807, 2.05) is 36.6 Å².